The number of ketones is 1. The second-order valence-electron chi connectivity index (χ2n) is 3.79. The first kappa shape index (κ1) is 12.8. The van der Waals surface area contributed by atoms with Crippen molar-refractivity contribution in [3.05, 3.63) is 40.4 Å². The highest BCUT2D eigenvalue weighted by molar-refractivity contribution is 9.10. The first-order valence-electron chi connectivity index (χ1n) is 5.34. The lowest BCUT2D eigenvalue weighted by atomic mass is 10.1. The number of hydrogen-bond acceptors (Lipinski definition) is 4. The number of halogens is 1. The van der Waals surface area contributed by atoms with Crippen molar-refractivity contribution in [2.45, 2.75) is 13.5 Å². The number of hydrogen-bond donors (Lipinski definition) is 0. The second-order valence-corrected chi connectivity index (χ2v) is 4.70. The molecule has 1 aromatic carbocycles. The van der Waals surface area contributed by atoms with E-state index in [2.05, 4.69) is 26.0 Å². The number of rotatable bonds is 4. The molecule has 0 fully saturated rings. The average molecular weight is 310 g/mol. The van der Waals surface area contributed by atoms with Crippen LogP contribution in [-0.2, 0) is 13.7 Å². The molecule has 0 saturated heterocycles. The molecule has 1 heterocycles. The van der Waals surface area contributed by atoms with Gasteiger partial charge in [-0.3, -0.25) is 9.48 Å². The second kappa shape index (κ2) is 5.30. The molecule has 0 radical (unpaired) electrons. The Hall–Kier alpha value is -1.69. The van der Waals surface area contributed by atoms with Crippen LogP contribution < -0.4 is 4.74 Å². The van der Waals surface area contributed by atoms with Gasteiger partial charge in [0, 0.05) is 11.5 Å². The van der Waals surface area contributed by atoms with Crippen molar-refractivity contribution in [1.29, 1.82) is 0 Å². The summed E-state index contributed by atoms with van der Waals surface area (Å²) >= 11 is 3.33. The molecule has 0 aliphatic heterocycles. The molecule has 0 N–H and O–H groups in total. The van der Waals surface area contributed by atoms with Crippen molar-refractivity contribution in [3.63, 3.8) is 0 Å². The number of aryl methyl sites for hydroxylation is 1. The van der Waals surface area contributed by atoms with Crippen molar-refractivity contribution >= 4 is 21.7 Å². The third kappa shape index (κ3) is 2.76. The highest BCUT2D eigenvalue weighted by Crippen LogP contribution is 2.24. The van der Waals surface area contributed by atoms with Crippen molar-refractivity contribution in [2.75, 3.05) is 0 Å². The van der Waals surface area contributed by atoms with Crippen LogP contribution in [0.4, 0.5) is 0 Å². The zero-order chi connectivity index (χ0) is 13.1. The van der Waals surface area contributed by atoms with Gasteiger partial charge in [0.2, 0.25) is 0 Å². The topological polar surface area (TPSA) is 57.0 Å². The quantitative estimate of drug-likeness (QED) is 0.814. The highest BCUT2D eigenvalue weighted by Gasteiger charge is 2.10. The Morgan fingerprint density at radius 1 is 1.50 bits per heavy atom. The minimum atomic E-state index is -0.0377. The molecular weight excluding hydrogens is 298 g/mol. The number of nitrogens with zero attached hydrogens (tertiary/aromatic N) is 3. The molecule has 1 aromatic heterocycles. The standard InChI is InChI=1S/C12H12BrN3O2/c1-8(17)10-5-9(13)3-4-11(10)18-6-12-14-7-15-16(12)2/h3-5,7H,6H2,1-2H3. The SMILES string of the molecule is CC(=O)c1cc(Br)ccc1OCc1ncnn1C. The Morgan fingerprint density at radius 2 is 2.28 bits per heavy atom. The van der Waals surface area contributed by atoms with E-state index in [9.17, 15) is 4.79 Å². The van der Waals surface area contributed by atoms with Gasteiger partial charge in [-0.2, -0.15) is 5.10 Å². The van der Waals surface area contributed by atoms with Gasteiger partial charge in [-0.15, -0.1) is 0 Å². The van der Waals surface area contributed by atoms with Gasteiger partial charge in [0.15, 0.2) is 11.6 Å². The van der Waals surface area contributed by atoms with Crippen LogP contribution in [0.2, 0.25) is 0 Å². The van der Waals surface area contributed by atoms with Crippen LogP contribution in [0.3, 0.4) is 0 Å². The third-order valence-electron chi connectivity index (χ3n) is 2.48. The number of carbonyl (C=O) groups is 1. The molecule has 0 amide bonds. The fraction of sp³-hybridized carbons (Fsp3) is 0.250. The summed E-state index contributed by atoms with van der Waals surface area (Å²) in [4.78, 5) is 15.6. The van der Waals surface area contributed by atoms with E-state index >= 15 is 0 Å². The van der Waals surface area contributed by atoms with E-state index in [1.807, 2.05) is 6.07 Å². The van der Waals surface area contributed by atoms with Crippen LogP contribution in [0.15, 0.2) is 29.0 Å². The van der Waals surface area contributed by atoms with Crippen LogP contribution >= 0.6 is 15.9 Å². The molecule has 0 bridgehead atoms. The van der Waals surface area contributed by atoms with Crippen LogP contribution in [0.25, 0.3) is 0 Å². The molecule has 0 atom stereocenters. The van der Waals surface area contributed by atoms with Crippen LogP contribution in [0.1, 0.15) is 23.1 Å². The summed E-state index contributed by atoms with van der Waals surface area (Å²) in [5.41, 5.74) is 0.548. The summed E-state index contributed by atoms with van der Waals surface area (Å²) in [6, 6.07) is 5.34. The molecule has 6 heteroatoms. The fourth-order valence-corrected chi connectivity index (χ4v) is 1.86. The predicted molar refractivity (Wildman–Crippen MR) is 69.5 cm³/mol. The van der Waals surface area contributed by atoms with Crippen LogP contribution in [0, 0.1) is 0 Å². The lowest BCUT2D eigenvalue weighted by Gasteiger charge is -2.09. The van der Waals surface area contributed by atoms with E-state index in [-0.39, 0.29) is 12.4 Å². The van der Waals surface area contributed by atoms with Crippen molar-refractivity contribution in [1.82, 2.24) is 14.8 Å². The van der Waals surface area contributed by atoms with Crippen LogP contribution in [0.5, 0.6) is 5.75 Å². The monoisotopic (exact) mass is 309 g/mol. The fourth-order valence-electron chi connectivity index (χ4n) is 1.50. The van der Waals surface area contributed by atoms with Gasteiger partial charge in [-0.1, -0.05) is 15.9 Å². The molecule has 0 saturated carbocycles. The van der Waals surface area contributed by atoms with Crippen molar-refractivity contribution in [3.8, 4) is 5.75 Å². The van der Waals surface area contributed by atoms with E-state index in [4.69, 9.17) is 4.74 Å². The average Bonchev–Trinajstić information content (AvgIpc) is 2.73. The largest absolute Gasteiger partial charge is 0.485 e. The zero-order valence-electron chi connectivity index (χ0n) is 10.1. The zero-order valence-corrected chi connectivity index (χ0v) is 11.6. The Morgan fingerprint density at radius 3 is 2.89 bits per heavy atom. The van der Waals surface area contributed by atoms with E-state index in [0.717, 1.165) is 4.47 Å². The summed E-state index contributed by atoms with van der Waals surface area (Å²) in [7, 11) is 1.79. The summed E-state index contributed by atoms with van der Waals surface area (Å²) in [5.74, 6) is 1.21. The molecular formula is C12H12BrN3O2. The van der Waals surface area contributed by atoms with Crippen molar-refractivity contribution in [2.24, 2.45) is 7.05 Å². The third-order valence-corrected chi connectivity index (χ3v) is 2.98. The maximum Gasteiger partial charge on any atom is 0.164 e. The molecule has 94 valence electrons. The number of benzene rings is 1. The first-order chi connectivity index (χ1) is 8.58. The summed E-state index contributed by atoms with van der Waals surface area (Å²) in [6.07, 6.45) is 1.46. The Labute approximate surface area is 113 Å². The molecule has 0 spiro atoms. The van der Waals surface area contributed by atoms with E-state index in [1.165, 1.54) is 13.3 Å². The smallest absolute Gasteiger partial charge is 0.164 e. The van der Waals surface area contributed by atoms with Gasteiger partial charge < -0.3 is 4.74 Å². The summed E-state index contributed by atoms with van der Waals surface area (Å²) in [5, 5.41) is 3.95. The van der Waals surface area contributed by atoms with Crippen LogP contribution in [-0.4, -0.2) is 20.5 Å². The lowest BCUT2D eigenvalue weighted by Crippen LogP contribution is -2.06. The van der Waals surface area contributed by atoms with E-state index < -0.39 is 0 Å². The summed E-state index contributed by atoms with van der Waals surface area (Å²) in [6.45, 7) is 1.79. The molecule has 0 aliphatic carbocycles. The Kier molecular flexibility index (Phi) is 3.76. The Balaban J connectivity index is 2.19. The summed E-state index contributed by atoms with van der Waals surface area (Å²) < 4.78 is 8.09. The lowest BCUT2D eigenvalue weighted by molar-refractivity contribution is 0.101. The van der Waals surface area contributed by atoms with Crippen molar-refractivity contribution < 1.29 is 9.53 Å². The Bertz CT molecular complexity index is 580. The first-order valence-corrected chi connectivity index (χ1v) is 6.13. The van der Waals surface area contributed by atoms with E-state index in [1.54, 1.807) is 23.9 Å². The molecule has 18 heavy (non-hydrogen) atoms. The molecule has 0 aliphatic rings. The van der Waals surface area contributed by atoms with Gasteiger partial charge in [-0.25, -0.2) is 4.98 Å². The van der Waals surface area contributed by atoms with Gasteiger partial charge in [0.25, 0.3) is 0 Å². The number of ether oxygens (including phenoxy) is 1. The highest BCUT2D eigenvalue weighted by atomic mass is 79.9. The maximum absolute atomic E-state index is 11.5. The number of carbonyl (C=O) groups excluding carboxylic acids is 1. The predicted octanol–water partition coefficient (Wildman–Crippen LogP) is 2.36. The van der Waals surface area contributed by atoms with Gasteiger partial charge in [0.05, 0.1) is 5.56 Å². The molecule has 0 unspecified atom stereocenters. The minimum absolute atomic E-state index is 0.0377. The minimum Gasteiger partial charge on any atom is -0.485 e. The maximum atomic E-state index is 11.5. The molecule has 2 rings (SSSR count). The normalized spacial score (nSPS) is 10.4. The van der Waals surface area contributed by atoms with Gasteiger partial charge >= 0.3 is 0 Å². The number of aromatic nitrogens is 3. The molecule has 5 nitrogen and oxygen atoms in total. The molecule has 2 aromatic rings. The van der Waals surface area contributed by atoms with Gasteiger partial charge in [0.1, 0.15) is 18.7 Å². The van der Waals surface area contributed by atoms with Gasteiger partial charge in [-0.05, 0) is 25.1 Å². The number of Topliss-reactive ketones (excluding diaryl/α,β-unsaturated/α-hetero) is 1. The van der Waals surface area contributed by atoms with E-state index in [0.29, 0.717) is 17.1 Å².